The van der Waals surface area contributed by atoms with Crippen LogP contribution in [0.4, 0.5) is 14.5 Å². The molecule has 0 aliphatic heterocycles. The van der Waals surface area contributed by atoms with E-state index in [1.807, 2.05) is 12.1 Å². The van der Waals surface area contributed by atoms with Crippen LogP contribution in [0.3, 0.4) is 0 Å². The fraction of sp³-hybridized carbons (Fsp3) is 0.286. The molecule has 0 bridgehead atoms. The normalized spacial score (nSPS) is 10.8. The summed E-state index contributed by atoms with van der Waals surface area (Å²) < 4.78 is 26.8. The van der Waals surface area contributed by atoms with Crippen LogP contribution in [0.25, 0.3) is 0 Å². The summed E-state index contributed by atoms with van der Waals surface area (Å²) in [5, 5.41) is 13.6. The topological polar surface area (TPSA) is 55.2 Å². The summed E-state index contributed by atoms with van der Waals surface area (Å²) in [6, 6.07) is 5.50. The molecule has 112 valence electrons. The highest BCUT2D eigenvalue weighted by atomic mass is 32.1. The van der Waals surface area contributed by atoms with Crippen molar-refractivity contribution in [3.8, 4) is 0 Å². The summed E-state index contributed by atoms with van der Waals surface area (Å²) >= 11 is 1.66. The molecular weight excluding hydrogens is 298 g/mol. The molecule has 1 N–H and O–H groups in total. The molecule has 1 aromatic carbocycles. The van der Waals surface area contributed by atoms with E-state index < -0.39 is 22.2 Å². The maximum absolute atomic E-state index is 13.6. The van der Waals surface area contributed by atoms with Crippen LogP contribution in [0.2, 0.25) is 0 Å². The van der Waals surface area contributed by atoms with Gasteiger partial charge in [-0.1, -0.05) is 6.92 Å². The fourth-order valence-electron chi connectivity index (χ4n) is 1.88. The summed E-state index contributed by atoms with van der Waals surface area (Å²) in [6.07, 6.45) is 0.962. The standard InChI is InChI=1S/C14H14F2N2O2S/c1-2-10-3-4-11(21-10)8-17-7-9-5-14(18(19)20)13(16)6-12(9)15/h3-6,17H,2,7-8H2,1H3. The minimum atomic E-state index is -1.16. The number of nitrogens with zero attached hydrogens (tertiary/aromatic N) is 1. The number of hydrogen-bond donors (Lipinski definition) is 1. The first-order chi connectivity index (χ1) is 10.0. The minimum absolute atomic E-state index is 0.0790. The highest BCUT2D eigenvalue weighted by Crippen LogP contribution is 2.22. The molecule has 0 aliphatic carbocycles. The van der Waals surface area contributed by atoms with Crippen molar-refractivity contribution in [1.29, 1.82) is 0 Å². The van der Waals surface area contributed by atoms with Crippen LogP contribution in [0.5, 0.6) is 0 Å². The van der Waals surface area contributed by atoms with Crippen molar-refractivity contribution < 1.29 is 13.7 Å². The summed E-state index contributed by atoms with van der Waals surface area (Å²) in [7, 11) is 0. The van der Waals surface area contributed by atoms with Crippen molar-refractivity contribution in [2.24, 2.45) is 0 Å². The predicted octanol–water partition coefficient (Wildman–Crippen LogP) is 3.79. The van der Waals surface area contributed by atoms with Gasteiger partial charge in [-0.2, -0.15) is 4.39 Å². The van der Waals surface area contributed by atoms with Crippen molar-refractivity contribution >= 4 is 17.0 Å². The van der Waals surface area contributed by atoms with Crippen LogP contribution in [-0.2, 0) is 19.5 Å². The van der Waals surface area contributed by atoms with E-state index in [0.29, 0.717) is 12.6 Å². The Balaban J connectivity index is 2.02. The number of benzene rings is 1. The van der Waals surface area contributed by atoms with Crippen LogP contribution in [0, 0.1) is 21.7 Å². The number of hydrogen-bond acceptors (Lipinski definition) is 4. The Morgan fingerprint density at radius 1 is 1.19 bits per heavy atom. The first-order valence-corrected chi connectivity index (χ1v) is 7.23. The van der Waals surface area contributed by atoms with E-state index in [2.05, 4.69) is 12.2 Å². The smallest absolute Gasteiger partial charge is 0.305 e. The van der Waals surface area contributed by atoms with Gasteiger partial charge in [0.2, 0.25) is 5.82 Å². The van der Waals surface area contributed by atoms with Gasteiger partial charge in [-0.05, 0) is 18.6 Å². The molecule has 0 saturated carbocycles. The second-order valence-corrected chi connectivity index (χ2v) is 5.73. The lowest BCUT2D eigenvalue weighted by molar-refractivity contribution is -0.387. The van der Waals surface area contributed by atoms with Crippen LogP contribution in [-0.4, -0.2) is 4.92 Å². The predicted molar refractivity (Wildman–Crippen MR) is 77.3 cm³/mol. The van der Waals surface area contributed by atoms with Gasteiger partial charge in [-0.15, -0.1) is 11.3 Å². The lowest BCUT2D eigenvalue weighted by atomic mass is 10.1. The number of aryl methyl sites for hydroxylation is 1. The van der Waals surface area contributed by atoms with Crippen molar-refractivity contribution in [3.05, 3.63) is 61.3 Å². The number of nitro benzene ring substituents is 1. The molecule has 7 heteroatoms. The first kappa shape index (κ1) is 15.5. The molecule has 21 heavy (non-hydrogen) atoms. The molecule has 0 fully saturated rings. The Morgan fingerprint density at radius 3 is 2.52 bits per heavy atom. The van der Waals surface area contributed by atoms with E-state index >= 15 is 0 Å². The van der Waals surface area contributed by atoms with Gasteiger partial charge in [0.05, 0.1) is 4.92 Å². The van der Waals surface area contributed by atoms with E-state index in [-0.39, 0.29) is 12.1 Å². The Bertz CT molecular complexity index is 658. The molecule has 4 nitrogen and oxygen atoms in total. The number of rotatable bonds is 6. The Morgan fingerprint density at radius 2 is 1.90 bits per heavy atom. The molecule has 0 saturated heterocycles. The zero-order chi connectivity index (χ0) is 15.4. The number of halogens is 2. The second kappa shape index (κ2) is 6.73. The molecule has 0 radical (unpaired) electrons. The van der Waals surface area contributed by atoms with E-state index in [4.69, 9.17) is 0 Å². The van der Waals surface area contributed by atoms with Crippen LogP contribution in [0.1, 0.15) is 22.2 Å². The largest absolute Gasteiger partial charge is 0.308 e. The Labute approximate surface area is 124 Å². The summed E-state index contributed by atoms with van der Waals surface area (Å²) in [4.78, 5) is 12.1. The quantitative estimate of drug-likeness (QED) is 0.652. The van der Waals surface area contributed by atoms with Gasteiger partial charge in [-0.25, -0.2) is 4.39 Å². The molecular formula is C14H14F2N2O2S. The van der Waals surface area contributed by atoms with Gasteiger partial charge in [0, 0.05) is 40.5 Å². The number of nitrogens with one attached hydrogen (secondary N) is 1. The lowest BCUT2D eigenvalue weighted by Gasteiger charge is -2.05. The molecule has 0 aliphatic rings. The summed E-state index contributed by atoms with van der Waals surface area (Å²) in [6.45, 7) is 2.71. The third-order valence-electron chi connectivity index (χ3n) is 2.99. The van der Waals surface area contributed by atoms with E-state index in [9.17, 15) is 18.9 Å². The third-order valence-corrected chi connectivity index (χ3v) is 4.22. The van der Waals surface area contributed by atoms with Gasteiger partial charge in [0.1, 0.15) is 5.82 Å². The molecule has 2 aromatic rings. The van der Waals surface area contributed by atoms with Crippen molar-refractivity contribution in [1.82, 2.24) is 5.32 Å². The Kier molecular flexibility index (Phi) is 4.98. The molecule has 0 atom stereocenters. The van der Waals surface area contributed by atoms with E-state index in [0.717, 1.165) is 17.4 Å². The first-order valence-electron chi connectivity index (χ1n) is 6.42. The molecule has 0 spiro atoms. The van der Waals surface area contributed by atoms with Crippen LogP contribution in [0.15, 0.2) is 24.3 Å². The van der Waals surface area contributed by atoms with Gasteiger partial charge in [0.25, 0.3) is 0 Å². The highest BCUT2D eigenvalue weighted by Gasteiger charge is 2.18. The molecule has 0 amide bonds. The molecule has 2 rings (SSSR count). The second-order valence-electron chi connectivity index (χ2n) is 4.48. The minimum Gasteiger partial charge on any atom is -0.308 e. The molecule has 0 unspecified atom stereocenters. The van der Waals surface area contributed by atoms with E-state index in [1.54, 1.807) is 11.3 Å². The summed E-state index contributed by atoms with van der Waals surface area (Å²) in [5.41, 5.74) is -0.632. The average molecular weight is 312 g/mol. The zero-order valence-corrected chi connectivity index (χ0v) is 12.2. The lowest BCUT2D eigenvalue weighted by Crippen LogP contribution is -2.13. The van der Waals surface area contributed by atoms with Crippen LogP contribution >= 0.6 is 11.3 Å². The van der Waals surface area contributed by atoms with Crippen molar-refractivity contribution in [2.75, 3.05) is 0 Å². The average Bonchev–Trinajstić information content (AvgIpc) is 2.88. The summed E-state index contributed by atoms with van der Waals surface area (Å²) in [5.74, 6) is -1.95. The van der Waals surface area contributed by atoms with E-state index in [1.165, 1.54) is 4.88 Å². The highest BCUT2D eigenvalue weighted by molar-refractivity contribution is 7.11. The SMILES string of the molecule is CCc1ccc(CNCc2cc([N+](=O)[O-])c(F)cc2F)s1. The van der Waals surface area contributed by atoms with Gasteiger partial charge < -0.3 is 5.32 Å². The Hall–Kier alpha value is -1.86. The molecule has 1 aromatic heterocycles. The molecule has 1 heterocycles. The maximum Gasteiger partial charge on any atom is 0.305 e. The monoisotopic (exact) mass is 312 g/mol. The van der Waals surface area contributed by atoms with Gasteiger partial charge in [-0.3, -0.25) is 10.1 Å². The van der Waals surface area contributed by atoms with Gasteiger partial charge >= 0.3 is 5.69 Å². The van der Waals surface area contributed by atoms with Crippen LogP contribution < -0.4 is 5.32 Å². The van der Waals surface area contributed by atoms with Crippen molar-refractivity contribution in [3.63, 3.8) is 0 Å². The van der Waals surface area contributed by atoms with Crippen molar-refractivity contribution in [2.45, 2.75) is 26.4 Å². The third kappa shape index (κ3) is 3.83. The number of nitro groups is 1. The fourth-order valence-corrected chi connectivity index (χ4v) is 2.81. The zero-order valence-electron chi connectivity index (χ0n) is 11.4. The maximum atomic E-state index is 13.6. The number of thiophene rings is 1. The van der Waals surface area contributed by atoms with Gasteiger partial charge in [0.15, 0.2) is 0 Å².